The summed E-state index contributed by atoms with van der Waals surface area (Å²) in [7, 11) is 0. The number of carbonyl (C=O) groups excluding carboxylic acids is 2. The number of hydrogen-bond donors (Lipinski definition) is 0. The third-order valence-electron chi connectivity index (χ3n) is 4.11. The molecule has 0 aromatic rings. The van der Waals surface area contributed by atoms with E-state index in [1.165, 1.54) is 0 Å². The Balaban J connectivity index is 2.16. The molecule has 0 saturated carbocycles. The van der Waals surface area contributed by atoms with E-state index in [9.17, 15) is 9.59 Å². The summed E-state index contributed by atoms with van der Waals surface area (Å²) in [5, 5.41) is 0. The number of piperazine rings is 1. The van der Waals surface area contributed by atoms with Crippen LogP contribution in [-0.4, -0.2) is 53.7 Å². The van der Waals surface area contributed by atoms with Crippen LogP contribution in [0.5, 0.6) is 0 Å². The molecule has 1 fully saturated rings. The maximum Gasteiger partial charge on any atom is 0.222 e. The van der Waals surface area contributed by atoms with E-state index in [4.69, 9.17) is 0 Å². The van der Waals surface area contributed by atoms with Crippen LogP contribution in [-0.2, 0) is 9.59 Å². The summed E-state index contributed by atoms with van der Waals surface area (Å²) in [6, 6.07) is 0.564. The number of hydrogen-bond acceptors (Lipinski definition) is 3. The molecule has 1 rings (SSSR count). The minimum atomic E-state index is 0.120. The highest BCUT2D eigenvalue weighted by atomic mass is 16.2. The standard InChI is InChI=1S/C16H30N2O2/c1-13(2)15(19)7-5-6-8-16(20)18-11-9-17(10-12-18)14(3)4/h13-14H,5-12H2,1-4H3. The Bertz CT molecular complexity index is 318. The lowest BCUT2D eigenvalue weighted by Gasteiger charge is -2.37. The first kappa shape index (κ1) is 17.2. The largest absolute Gasteiger partial charge is 0.340 e. The lowest BCUT2D eigenvalue weighted by atomic mass is 10.0. The van der Waals surface area contributed by atoms with Gasteiger partial charge in [0.15, 0.2) is 0 Å². The van der Waals surface area contributed by atoms with E-state index in [1.807, 2.05) is 18.7 Å². The molecular formula is C16H30N2O2. The van der Waals surface area contributed by atoms with Gasteiger partial charge in [-0.15, -0.1) is 0 Å². The fourth-order valence-corrected chi connectivity index (χ4v) is 2.51. The van der Waals surface area contributed by atoms with Gasteiger partial charge in [-0.05, 0) is 26.7 Å². The number of carbonyl (C=O) groups is 2. The summed E-state index contributed by atoms with van der Waals surface area (Å²) >= 11 is 0. The van der Waals surface area contributed by atoms with E-state index < -0.39 is 0 Å². The van der Waals surface area contributed by atoms with Crippen LogP contribution in [0.4, 0.5) is 0 Å². The maximum atomic E-state index is 12.1. The van der Waals surface area contributed by atoms with Gasteiger partial charge in [0.1, 0.15) is 5.78 Å². The average Bonchev–Trinajstić information content (AvgIpc) is 2.43. The van der Waals surface area contributed by atoms with E-state index in [0.29, 0.717) is 24.7 Å². The summed E-state index contributed by atoms with van der Waals surface area (Å²) in [4.78, 5) is 27.9. The van der Waals surface area contributed by atoms with E-state index in [2.05, 4.69) is 18.7 Å². The minimum Gasteiger partial charge on any atom is -0.340 e. The molecule has 0 spiro atoms. The molecule has 20 heavy (non-hydrogen) atoms. The van der Waals surface area contributed by atoms with Crippen molar-refractivity contribution in [2.45, 2.75) is 59.4 Å². The average molecular weight is 282 g/mol. The summed E-state index contributed by atoms with van der Waals surface area (Å²) < 4.78 is 0. The van der Waals surface area contributed by atoms with Crippen molar-refractivity contribution in [1.82, 2.24) is 9.80 Å². The first-order chi connectivity index (χ1) is 9.41. The normalized spacial score (nSPS) is 17.0. The van der Waals surface area contributed by atoms with Crippen molar-refractivity contribution in [3.05, 3.63) is 0 Å². The molecule has 0 aromatic carbocycles. The van der Waals surface area contributed by atoms with Crippen LogP contribution in [0.2, 0.25) is 0 Å². The van der Waals surface area contributed by atoms with Crippen LogP contribution < -0.4 is 0 Å². The zero-order chi connectivity index (χ0) is 15.1. The van der Waals surface area contributed by atoms with Gasteiger partial charge in [0.25, 0.3) is 0 Å². The van der Waals surface area contributed by atoms with Crippen molar-refractivity contribution in [1.29, 1.82) is 0 Å². The van der Waals surface area contributed by atoms with Gasteiger partial charge in [0, 0.05) is 51.0 Å². The minimum absolute atomic E-state index is 0.120. The Morgan fingerprint density at radius 3 is 1.95 bits per heavy atom. The third kappa shape index (κ3) is 5.61. The maximum absolute atomic E-state index is 12.1. The van der Waals surface area contributed by atoms with E-state index >= 15 is 0 Å². The SMILES string of the molecule is CC(C)C(=O)CCCCC(=O)N1CCN(C(C)C)CC1. The van der Waals surface area contributed by atoms with Crippen LogP contribution in [0.15, 0.2) is 0 Å². The number of rotatable bonds is 7. The lowest BCUT2D eigenvalue weighted by Crippen LogP contribution is -2.50. The van der Waals surface area contributed by atoms with Gasteiger partial charge in [0.2, 0.25) is 5.91 Å². The first-order valence-electron chi connectivity index (χ1n) is 7.96. The summed E-state index contributed by atoms with van der Waals surface area (Å²) in [5.74, 6) is 0.684. The Hall–Kier alpha value is -0.900. The van der Waals surface area contributed by atoms with Gasteiger partial charge in [-0.2, -0.15) is 0 Å². The van der Waals surface area contributed by atoms with Crippen molar-refractivity contribution < 1.29 is 9.59 Å². The smallest absolute Gasteiger partial charge is 0.222 e. The summed E-state index contributed by atoms with van der Waals surface area (Å²) in [6.45, 7) is 11.9. The molecule has 1 aliphatic heterocycles. The van der Waals surface area contributed by atoms with Gasteiger partial charge in [-0.25, -0.2) is 0 Å². The van der Waals surface area contributed by atoms with Gasteiger partial charge < -0.3 is 4.90 Å². The van der Waals surface area contributed by atoms with E-state index in [1.54, 1.807) is 0 Å². The Morgan fingerprint density at radius 2 is 1.45 bits per heavy atom. The quantitative estimate of drug-likeness (QED) is 0.673. The molecule has 0 N–H and O–H groups in total. The number of amides is 1. The molecule has 0 unspecified atom stereocenters. The van der Waals surface area contributed by atoms with Gasteiger partial charge in [-0.1, -0.05) is 13.8 Å². The Kier molecular flexibility index (Phi) is 7.20. The zero-order valence-corrected chi connectivity index (χ0v) is 13.5. The molecule has 1 saturated heterocycles. The monoisotopic (exact) mass is 282 g/mol. The van der Waals surface area contributed by atoms with Crippen LogP contribution in [0.3, 0.4) is 0 Å². The van der Waals surface area contributed by atoms with Crippen molar-refractivity contribution in [3.8, 4) is 0 Å². The van der Waals surface area contributed by atoms with E-state index in [0.717, 1.165) is 39.0 Å². The second-order valence-electron chi connectivity index (χ2n) is 6.34. The molecule has 1 amide bonds. The molecule has 0 aromatic heterocycles. The predicted octanol–water partition coefficient (Wildman–Crippen LogP) is 2.32. The number of nitrogens with zero attached hydrogens (tertiary/aromatic N) is 2. The van der Waals surface area contributed by atoms with Crippen LogP contribution >= 0.6 is 0 Å². The molecule has 4 nitrogen and oxygen atoms in total. The second-order valence-corrected chi connectivity index (χ2v) is 6.34. The van der Waals surface area contributed by atoms with Crippen molar-refractivity contribution in [2.24, 2.45) is 5.92 Å². The number of Topliss-reactive ketones (excluding diaryl/α,β-unsaturated/α-hetero) is 1. The first-order valence-corrected chi connectivity index (χ1v) is 7.96. The van der Waals surface area contributed by atoms with Crippen molar-refractivity contribution in [3.63, 3.8) is 0 Å². The molecule has 0 aliphatic carbocycles. The summed E-state index contributed by atoms with van der Waals surface area (Å²) in [5.41, 5.74) is 0. The zero-order valence-electron chi connectivity index (χ0n) is 13.5. The van der Waals surface area contributed by atoms with Crippen LogP contribution in [0.1, 0.15) is 53.4 Å². The van der Waals surface area contributed by atoms with Crippen molar-refractivity contribution >= 4 is 11.7 Å². The molecule has 0 atom stereocenters. The molecule has 116 valence electrons. The lowest BCUT2D eigenvalue weighted by molar-refractivity contribution is -0.133. The fourth-order valence-electron chi connectivity index (χ4n) is 2.51. The fraction of sp³-hybridized carbons (Fsp3) is 0.875. The number of ketones is 1. The number of unbranched alkanes of at least 4 members (excludes halogenated alkanes) is 1. The van der Waals surface area contributed by atoms with Gasteiger partial charge >= 0.3 is 0 Å². The molecule has 1 aliphatic rings. The third-order valence-corrected chi connectivity index (χ3v) is 4.11. The van der Waals surface area contributed by atoms with Gasteiger partial charge in [-0.3, -0.25) is 14.5 Å². The molecule has 0 bridgehead atoms. The predicted molar refractivity (Wildman–Crippen MR) is 81.6 cm³/mol. The Morgan fingerprint density at radius 1 is 0.900 bits per heavy atom. The topological polar surface area (TPSA) is 40.6 Å². The highest BCUT2D eigenvalue weighted by Crippen LogP contribution is 2.10. The summed E-state index contributed by atoms with van der Waals surface area (Å²) in [6.07, 6.45) is 2.88. The highest BCUT2D eigenvalue weighted by molar-refractivity contribution is 5.80. The van der Waals surface area contributed by atoms with Crippen LogP contribution in [0, 0.1) is 5.92 Å². The molecule has 4 heteroatoms. The van der Waals surface area contributed by atoms with E-state index in [-0.39, 0.29) is 11.8 Å². The van der Waals surface area contributed by atoms with Crippen molar-refractivity contribution in [2.75, 3.05) is 26.2 Å². The van der Waals surface area contributed by atoms with Gasteiger partial charge in [0.05, 0.1) is 0 Å². The molecular weight excluding hydrogens is 252 g/mol. The molecule has 1 heterocycles. The van der Waals surface area contributed by atoms with Crippen LogP contribution in [0.25, 0.3) is 0 Å². The highest BCUT2D eigenvalue weighted by Gasteiger charge is 2.21. The second kappa shape index (κ2) is 8.40. The molecule has 0 radical (unpaired) electrons. The Labute approximate surface area is 123 Å².